The van der Waals surface area contributed by atoms with E-state index in [9.17, 15) is 18.4 Å². The van der Waals surface area contributed by atoms with Crippen LogP contribution in [0.5, 0.6) is 0 Å². The number of alkyl halides is 2. The molecule has 2 aliphatic heterocycles. The summed E-state index contributed by atoms with van der Waals surface area (Å²) in [6, 6.07) is 3.78. The molecule has 13 heteroatoms. The summed E-state index contributed by atoms with van der Waals surface area (Å²) in [4.78, 5) is 42.3. The first-order chi connectivity index (χ1) is 20.0. The topological polar surface area (TPSA) is 107 Å². The van der Waals surface area contributed by atoms with E-state index in [0.29, 0.717) is 56.1 Å². The van der Waals surface area contributed by atoms with E-state index in [1.807, 2.05) is 23.8 Å². The third-order valence-electron chi connectivity index (χ3n) is 7.94. The summed E-state index contributed by atoms with van der Waals surface area (Å²) < 4.78 is 48.7. The van der Waals surface area contributed by atoms with Crippen LogP contribution in [0.4, 0.5) is 30.5 Å². The van der Waals surface area contributed by atoms with Crippen LogP contribution in [0.2, 0.25) is 0 Å². The number of nitrogens with one attached hydrogen (secondary N) is 2. The number of hydrogen-bond acceptors (Lipinski definition) is 8. The van der Waals surface area contributed by atoms with Crippen molar-refractivity contribution >= 4 is 23.2 Å². The predicted octanol–water partition coefficient (Wildman–Crippen LogP) is 3.91. The minimum Gasteiger partial charge on any atom is -0.375 e. The highest BCUT2D eigenvalue weighted by Gasteiger charge is 2.30. The number of H-pyrrole nitrogens is 1. The molecular formula is C29H34F3N7O3. The lowest BCUT2D eigenvalue weighted by Crippen LogP contribution is -2.55. The second kappa shape index (κ2) is 12.1. The molecule has 0 bridgehead atoms. The van der Waals surface area contributed by atoms with Gasteiger partial charge in [-0.05, 0) is 40.0 Å². The number of anilines is 3. The lowest BCUT2D eigenvalue weighted by atomic mass is 10.0. The smallest absolute Gasteiger partial charge is 0.264 e. The van der Waals surface area contributed by atoms with Crippen molar-refractivity contribution in [1.29, 1.82) is 0 Å². The van der Waals surface area contributed by atoms with Crippen LogP contribution in [0.25, 0.3) is 11.1 Å². The molecule has 224 valence electrons. The van der Waals surface area contributed by atoms with Gasteiger partial charge in [0.2, 0.25) is 11.5 Å². The monoisotopic (exact) mass is 585 g/mol. The fourth-order valence-electron chi connectivity index (χ4n) is 5.42. The molecule has 2 saturated heterocycles. The van der Waals surface area contributed by atoms with Crippen LogP contribution in [0.3, 0.4) is 0 Å². The summed E-state index contributed by atoms with van der Waals surface area (Å²) in [5.74, 6) is -0.906. The van der Waals surface area contributed by atoms with Crippen LogP contribution in [0.1, 0.15) is 43.1 Å². The van der Waals surface area contributed by atoms with Gasteiger partial charge < -0.3 is 24.8 Å². The van der Waals surface area contributed by atoms with Crippen LogP contribution in [-0.4, -0.2) is 83.8 Å². The number of morpholine rings is 1. The van der Waals surface area contributed by atoms with Gasteiger partial charge in [-0.25, -0.2) is 23.1 Å². The second-order valence-corrected chi connectivity index (χ2v) is 10.9. The SMILES string of the molecule is C[C@@H]1CN(c2cc(F)c(-c3cnc(N4CCO[C@@H](C)C4)nc3)cc2NC(=O)c2c[nH]c(=O)cc2C(F)F)C[C@H](C)N1C. The quantitative estimate of drug-likeness (QED) is 0.449. The number of hydrogen-bond donors (Lipinski definition) is 2. The Morgan fingerprint density at radius 2 is 1.76 bits per heavy atom. The minimum atomic E-state index is -3.04. The molecule has 2 fully saturated rings. The predicted molar refractivity (Wildman–Crippen MR) is 154 cm³/mol. The normalized spacial score (nSPS) is 21.6. The van der Waals surface area contributed by atoms with Crippen LogP contribution in [0.15, 0.2) is 41.6 Å². The number of aromatic nitrogens is 3. The Bertz CT molecular complexity index is 1490. The molecule has 1 aromatic carbocycles. The van der Waals surface area contributed by atoms with Crippen LogP contribution < -0.4 is 20.7 Å². The maximum absolute atomic E-state index is 15.8. The van der Waals surface area contributed by atoms with Gasteiger partial charge in [0.25, 0.3) is 12.3 Å². The lowest BCUT2D eigenvalue weighted by molar-refractivity contribution is 0.0526. The summed E-state index contributed by atoms with van der Waals surface area (Å²) in [5, 5.41) is 2.71. The van der Waals surface area contributed by atoms with E-state index in [-0.39, 0.29) is 35.0 Å². The van der Waals surface area contributed by atoms with Gasteiger partial charge in [0.05, 0.1) is 29.6 Å². The molecule has 42 heavy (non-hydrogen) atoms. The zero-order chi connectivity index (χ0) is 30.1. The van der Waals surface area contributed by atoms with Crippen molar-refractivity contribution in [2.75, 3.05) is 55.0 Å². The average Bonchev–Trinajstić information content (AvgIpc) is 2.96. The number of amides is 1. The van der Waals surface area contributed by atoms with Gasteiger partial charge in [0, 0.05) is 79.6 Å². The van der Waals surface area contributed by atoms with Gasteiger partial charge in [-0.1, -0.05) is 0 Å². The highest BCUT2D eigenvalue weighted by Crippen LogP contribution is 2.36. The fraction of sp³-hybridized carbons (Fsp3) is 0.448. The molecule has 3 atom stereocenters. The number of aromatic amines is 1. The zero-order valence-corrected chi connectivity index (χ0v) is 23.9. The summed E-state index contributed by atoms with van der Waals surface area (Å²) in [6.45, 7) is 8.99. The second-order valence-electron chi connectivity index (χ2n) is 10.9. The number of pyridine rings is 1. The molecule has 2 aromatic heterocycles. The zero-order valence-electron chi connectivity index (χ0n) is 23.9. The Balaban J connectivity index is 1.53. The first kappa shape index (κ1) is 29.5. The van der Waals surface area contributed by atoms with Crippen molar-refractivity contribution in [3.63, 3.8) is 0 Å². The van der Waals surface area contributed by atoms with Crippen molar-refractivity contribution < 1.29 is 22.7 Å². The number of piperazine rings is 1. The van der Waals surface area contributed by atoms with Crippen LogP contribution in [0, 0.1) is 5.82 Å². The fourth-order valence-corrected chi connectivity index (χ4v) is 5.42. The van der Waals surface area contributed by atoms with Gasteiger partial charge >= 0.3 is 0 Å². The molecule has 4 heterocycles. The highest BCUT2D eigenvalue weighted by molar-refractivity contribution is 6.07. The van der Waals surface area contributed by atoms with Gasteiger partial charge in [-0.3, -0.25) is 14.5 Å². The summed E-state index contributed by atoms with van der Waals surface area (Å²) >= 11 is 0. The Hall–Kier alpha value is -3.97. The number of nitrogens with zero attached hydrogens (tertiary/aromatic N) is 5. The molecule has 0 aliphatic carbocycles. The first-order valence-electron chi connectivity index (χ1n) is 13.8. The summed E-state index contributed by atoms with van der Waals surface area (Å²) in [6.07, 6.45) is 0.987. The number of benzene rings is 1. The number of ether oxygens (including phenoxy) is 1. The maximum atomic E-state index is 15.8. The minimum absolute atomic E-state index is 0.0335. The number of likely N-dealkylation sites (N-methyl/N-ethyl adjacent to an activating group) is 1. The largest absolute Gasteiger partial charge is 0.375 e. The molecule has 10 nitrogen and oxygen atoms in total. The number of rotatable bonds is 6. The molecule has 5 rings (SSSR count). The van der Waals surface area contributed by atoms with Crippen LogP contribution in [-0.2, 0) is 4.74 Å². The van der Waals surface area contributed by atoms with E-state index in [2.05, 4.69) is 39.0 Å². The lowest BCUT2D eigenvalue weighted by Gasteiger charge is -2.44. The van der Waals surface area contributed by atoms with Crippen molar-refractivity contribution in [3.8, 4) is 11.1 Å². The van der Waals surface area contributed by atoms with E-state index in [4.69, 9.17) is 4.74 Å². The van der Waals surface area contributed by atoms with Gasteiger partial charge in [0.15, 0.2) is 0 Å². The molecule has 3 aromatic rings. The third kappa shape index (κ3) is 6.12. The molecule has 0 spiro atoms. The number of carbonyl (C=O) groups excluding carboxylic acids is 1. The first-order valence-corrected chi connectivity index (χ1v) is 13.8. The van der Waals surface area contributed by atoms with Crippen molar-refractivity contribution in [3.05, 3.63) is 64.1 Å². The van der Waals surface area contributed by atoms with Crippen molar-refractivity contribution in [1.82, 2.24) is 19.9 Å². The van der Waals surface area contributed by atoms with Gasteiger partial charge in [0.1, 0.15) is 5.82 Å². The molecule has 2 aliphatic rings. The Morgan fingerprint density at radius 1 is 1.07 bits per heavy atom. The van der Waals surface area contributed by atoms with E-state index in [1.54, 1.807) is 0 Å². The van der Waals surface area contributed by atoms with E-state index in [1.165, 1.54) is 24.5 Å². The molecule has 0 radical (unpaired) electrons. The van der Waals surface area contributed by atoms with Crippen LogP contribution >= 0.6 is 0 Å². The summed E-state index contributed by atoms with van der Waals surface area (Å²) in [5.41, 5.74) is -0.643. The maximum Gasteiger partial charge on any atom is 0.264 e. The van der Waals surface area contributed by atoms with Crippen molar-refractivity contribution in [2.45, 2.75) is 45.4 Å². The Morgan fingerprint density at radius 3 is 2.40 bits per heavy atom. The van der Waals surface area contributed by atoms with E-state index >= 15 is 4.39 Å². The van der Waals surface area contributed by atoms with E-state index in [0.717, 1.165) is 6.20 Å². The Kier molecular flexibility index (Phi) is 8.50. The molecule has 2 N–H and O–H groups in total. The molecule has 1 amide bonds. The number of halogens is 3. The van der Waals surface area contributed by atoms with Crippen molar-refractivity contribution in [2.24, 2.45) is 0 Å². The van der Waals surface area contributed by atoms with E-state index < -0.39 is 29.3 Å². The standard InChI is InChI=1S/C29H34F3N7O3/c1-16-13-39(14-17(2)37(16)4)25-9-23(30)20(19-10-34-29(35-11-19)38-5-6-42-18(3)15-38)7-24(25)36-28(41)22-12-33-26(40)8-21(22)27(31)32/h7-12,16-18,27H,5-6,13-15H2,1-4H3,(H,33,40)(H,36,41)/t16-,17+,18-/m0/s1. The highest BCUT2D eigenvalue weighted by atomic mass is 19.3. The van der Waals surface area contributed by atoms with Gasteiger partial charge in [-0.2, -0.15) is 0 Å². The number of carbonyl (C=O) groups is 1. The summed E-state index contributed by atoms with van der Waals surface area (Å²) in [7, 11) is 2.02. The third-order valence-corrected chi connectivity index (χ3v) is 7.94. The average molecular weight is 586 g/mol. The Labute approximate surface area is 241 Å². The molecule has 0 saturated carbocycles. The molecular weight excluding hydrogens is 551 g/mol. The van der Waals surface area contributed by atoms with Gasteiger partial charge in [-0.15, -0.1) is 0 Å². The molecule has 0 unspecified atom stereocenters.